The molecule has 0 unspecified atom stereocenters. The van der Waals surface area contributed by atoms with Crippen molar-refractivity contribution in [1.82, 2.24) is 0 Å². The van der Waals surface area contributed by atoms with Gasteiger partial charge in [0.25, 0.3) is 0 Å². The fourth-order valence-electron chi connectivity index (χ4n) is 2.63. The largest absolute Gasteiger partial charge is 0.461 e. The Labute approximate surface area is 112 Å². The Kier molecular flexibility index (Phi) is 5.44. The molecule has 0 bridgehead atoms. The fraction of sp³-hybridized carbons (Fsp3) is 0.857. The van der Waals surface area contributed by atoms with Crippen LogP contribution in [-0.2, 0) is 14.3 Å². The molecule has 110 valence electrons. The van der Waals surface area contributed by atoms with Crippen LogP contribution in [0.4, 0.5) is 8.78 Å². The van der Waals surface area contributed by atoms with E-state index in [4.69, 9.17) is 0 Å². The topological polar surface area (TPSA) is 43.4 Å². The van der Waals surface area contributed by atoms with Crippen molar-refractivity contribution in [3.05, 3.63) is 0 Å². The number of halogens is 2. The van der Waals surface area contributed by atoms with Crippen molar-refractivity contribution >= 4 is 11.8 Å². The third-order valence-corrected chi connectivity index (χ3v) is 3.93. The van der Waals surface area contributed by atoms with Crippen molar-refractivity contribution in [3.63, 3.8) is 0 Å². The number of rotatable bonds is 5. The van der Waals surface area contributed by atoms with Gasteiger partial charge in [-0.1, -0.05) is 13.8 Å². The molecule has 3 nitrogen and oxygen atoms in total. The minimum atomic E-state index is -3.99. The molecule has 0 N–H and O–H groups in total. The molecule has 0 aliphatic heterocycles. The predicted octanol–water partition coefficient (Wildman–Crippen LogP) is 3.22. The molecule has 19 heavy (non-hydrogen) atoms. The Morgan fingerprint density at radius 3 is 2.16 bits per heavy atom. The van der Waals surface area contributed by atoms with Gasteiger partial charge >= 0.3 is 11.9 Å². The lowest BCUT2D eigenvalue weighted by molar-refractivity contribution is -0.178. The number of carbonyl (C=O) groups is 2. The highest BCUT2D eigenvalue weighted by Crippen LogP contribution is 2.36. The molecule has 0 saturated heterocycles. The molecule has 0 aromatic heterocycles. The molecule has 0 spiro atoms. The highest BCUT2D eigenvalue weighted by atomic mass is 19.3. The van der Waals surface area contributed by atoms with Crippen LogP contribution < -0.4 is 0 Å². The van der Waals surface area contributed by atoms with Gasteiger partial charge in [0.05, 0.1) is 6.61 Å². The molecule has 1 aliphatic rings. The summed E-state index contributed by atoms with van der Waals surface area (Å²) in [5, 5.41) is 0. The smallest absolute Gasteiger partial charge is 0.400 e. The third-order valence-electron chi connectivity index (χ3n) is 3.93. The van der Waals surface area contributed by atoms with Gasteiger partial charge in [-0.05, 0) is 44.4 Å². The number of hydrogen-bond acceptors (Lipinski definition) is 3. The molecule has 0 heterocycles. The summed E-state index contributed by atoms with van der Waals surface area (Å²) >= 11 is 0. The second-order valence-corrected chi connectivity index (χ2v) is 5.51. The zero-order valence-electron chi connectivity index (χ0n) is 11.7. The normalized spacial score (nSPS) is 24.3. The first-order chi connectivity index (χ1) is 8.80. The molecule has 0 aromatic rings. The zero-order valence-corrected chi connectivity index (χ0v) is 11.7. The van der Waals surface area contributed by atoms with Crippen LogP contribution in [0, 0.1) is 17.8 Å². The van der Waals surface area contributed by atoms with Crippen molar-refractivity contribution in [1.29, 1.82) is 0 Å². The van der Waals surface area contributed by atoms with E-state index in [0.29, 0.717) is 24.7 Å². The predicted molar refractivity (Wildman–Crippen MR) is 66.9 cm³/mol. The summed E-state index contributed by atoms with van der Waals surface area (Å²) in [5.41, 5.74) is 0. The number of esters is 1. The number of Topliss-reactive ketones (excluding diaryl/α,β-unsaturated/α-hetero) is 1. The van der Waals surface area contributed by atoms with E-state index in [9.17, 15) is 18.4 Å². The van der Waals surface area contributed by atoms with Crippen molar-refractivity contribution in [2.24, 2.45) is 17.8 Å². The minimum absolute atomic E-state index is 0.151. The second kappa shape index (κ2) is 6.44. The van der Waals surface area contributed by atoms with Gasteiger partial charge in [-0.25, -0.2) is 4.79 Å². The molecule has 0 amide bonds. The lowest BCUT2D eigenvalue weighted by atomic mass is 9.75. The molecule has 5 heteroatoms. The van der Waals surface area contributed by atoms with E-state index < -0.39 is 23.6 Å². The molecule has 1 fully saturated rings. The van der Waals surface area contributed by atoms with Crippen LogP contribution in [0.2, 0.25) is 0 Å². The first kappa shape index (κ1) is 16.1. The van der Waals surface area contributed by atoms with E-state index in [2.05, 4.69) is 18.6 Å². The Balaban J connectivity index is 2.62. The lowest BCUT2D eigenvalue weighted by Crippen LogP contribution is -2.44. The summed E-state index contributed by atoms with van der Waals surface area (Å²) < 4.78 is 31.5. The first-order valence-corrected chi connectivity index (χ1v) is 6.90. The Morgan fingerprint density at radius 2 is 1.74 bits per heavy atom. The van der Waals surface area contributed by atoms with Gasteiger partial charge in [-0.3, -0.25) is 4.79 Å². The molecular formula is C14H22F2O3. The van der Waals surface area contributed by atoms with E-state index in [-0.39, 0.29) is 6.61 Å². The maximum Gasteiger partial charge on any atom is 0.400 e. The Bertz CT molecular complexity index is 332. The van der Waals surface area contributed by atoms with Gasteiger partial charge in [0.2, 0.25) is 5.78 Å². The van der Waals surface area contributed by atoms with Crippen LogP contribution in [0.15, 0.2) is 0 Å². The summed E-state index contributed by atoms with van der Waals surface area (Å²) in [7, 11) is 0. The number of ketones is 1. The summed E-state index contributed by atoms with van der Waals surface area (Å²) in [4.78, 5) is 22.9. The average molecular weight is 276 g/mol. The summed E-state index contributed by atoms with van der Waals surface area (Å²) in [5.74, 6) is -6.71. The monoisotopic (exact) mass is 276 g/mol. The van der Waals surface area contributed by atoms with Gasteiger partial charge < -0.3 is 4.74 Å². The number of hydrogen-bond donors (Lipinski definition) is 0. The maximum absolute atomic E-state index is 13.6. The summed E-state index contributed by atoms with van der Waals surface area (Å²) in [6.45, 7) is 5.48. The van der Waals surface area contributed by atoms with Gasteiger partial charge in [0.15, 0.2) is 0 Å². The second-order valence-electron chi connectivity index (χ2n) is 5.51. The molecular weight excluding hydrogens is 254 g/mol. The zero-order chi connectivity index (χ0) is 14.6. The van der Waals surface area contributed by atoms with E-state index in [1.54, 1.807) is 0 Å². The van der Waals surface area contributed by atoms with Crippen molar-refractivity contribution in [2.45, 2.75) is 52.4 Å². The van der Waals surface area contributed by atoms with Crippen LogP contribution in [0.3, 0.4) is 0 Å². The SMILES string of the molecule is CCOC(=O)C(F)(F)C(=O)C1CCC(C(C)C)CC1. The van der Waals surface area contributed by atoms with Crippen LogP contribution in [0.1, 0.15) is 46.5 Å². The third kappa shape index (κ3) is 3.74. The maximum atomic E-state index is 13.6. The average Bonchev–Trinajstić information content (AvgIpc) is 2.38. The minimum Gasteiger partial charge on any atom is -0.461 e. The van der Waals surface area contributed by atoms with Gasteiger partial charge in [0, 0.05) is 5.92 Å². The standard InChI is InChI=1S/C14H22F2O3/c1-4-19-13(18)14(15,16)12(17)11-7-5-10(6-8-11)9(2)3/h9-11H,4-8H2,1-3H3. The van der Waals surface area contributed by atoms with Crippen LogP contribution in [0.5, 0.6) is 0 Å². The Hall–Kier alpha value is -1.00. The van der Waals surface area contributed by atoms with E-state index >= 15 is 0 Å². The highest BCUT2D eigenvalue weighted by Gasteiger charge is 2.51. The van der Waals surface area contributed by atoms with Crippen molar-refractivity contribution in [2.75, 3.05) is 6.61 Å². The van der Waals surface area contributed by atoms with Crippen molar-refractivity contribution in [3.8, 4) is 0 Å². The highest BCUT2D eigenvalue weighted by molar-refractivity contribution is 6.06. The Morgan fingerprint density at radius 1 is 1.21 bits per heavy atom. The first-order valence-electron chi connectivity index (χ1n) is 6.90. The lowest BCUT2D eigenvalue weighted by Gasteiger charge is -2.31. The van der Waals surface area contributed by atoms with Crippen LogP contribution in [-0.4, -0.2) is 24.3 Å². The van der Waals surface area contributed by atoms with Gasteiger partial charge in [-0.2, -0.15) is 8.78 Å². The number of ether oxygens (including phenoxy) is 1. The van der Waals surface area contributed by atoms with Crippen LogP contribution >= 0.6 is 0 Å². The molecule has 0 radical (unpaired) electrons. The van der Waals surface area contributed by atoms with E-state index in [1.165, 1.54) is 6.92 Å². The molecule has 0 aromatic carbocycles. The van der Waals surface area contributed by atoms with Crippen molar-refractivity contribution < 1.29 is 23.1 Å². The fourth-order valence-corrected chi connectivity index (χ4v) is 2.63. The van der Waals surface area contributed by atoms with E-state index in [1.807, 2.05) is 0 Å². The van der Waals surface area contributed by atoms with Crippen LogP contribution in [0.25, 0.3) is 0 Å². The molecule has 0 atom stereocenters. The number of carbonyl (C=O) groups excluding carboxylic acids is 2. The van der Waals surface area contributed by atoms with Gasteiger partial charge in [-0.15, -0.1) is 0 Å². The molecule has 1 saturated carbocycles. The molecule has 1 rings (SSSR count). The number of alkyl halides is 2. The summed E-state index contributed by atoms with van der Waals surface area (Å²) in [6.07, 6.45) is 2.42. The van der Waals surface area contributed by atoms with E-state index in [0.717, 1.165) is 12.8 Å². The van der Waals surface area contributed by atoms with Gasteiger partial charge in [0.1, 0.15) is 0 Å². The quantitative estimate of drug-likeness (QED) is 0.572. The molecule has 1 aliphatic carbocycles. The summed E-state index contributed by atoms with van der Waals surface area (Å²) in [6, 6.07) is 0.